The van der Waals surface area contributed by atoms with Crippen LogP contribution in [-0.2, 0) is 0 Å². The fourth-order valence-electron chi connectivity index (χ4n) is 2.78. The number of nitrogens with one attached hydrogen (secondary N) is 1. The van der Waals surface area contributed by atoms with Gasteiger partial charge in [0.15, 0.2) is 0 Å². The Labute approximate surface area is 132 Å². The topological polar surface area (TPSA) is 15.3 Å². The predicted molar refractivity (Wildman–Crippen MR) is 90.8 cm³/mol. The van der Waals surface area contributed by atoms with Gasteiger partial charge in [0.1, 0.15) is 0 Å². The van der Waals surface area contributed by atoms with Crippen molar-refractivity contribution in [2.45, 2.75) is 37.6 Å². The van der Waals surface area contributed by atoms with Crippen LogP contribution < -0.4 is 5.32 Å². The van der Waals surface area contributed by atoms with Gasteiger partial charge >= 0.3 is 0 Å². The van der Waals surface area contributed by atoms with Crippen molar-refractivity contribution in [3.8, 4) is 0 Å². The summed E-state index contributed by atoms with van der Waals surface area (Å²) in [6.45, 7) is 7.07. The van der Waals surface area contributed by atoms with E-state index in [0.29, 0.717) is 12.1 Å². The SMILES string of the molecule is CNC(CCN1CCSC(C)C1C)c1ccc(Cl)cc1. The van der Waals surface area contributed by atoms with E-state index in [4.69, 9.17) is 11.6 Å². The lowest BCUT2D eigenvalue weighted by Gasteiger charge is -2.38. The van der Waals surface area contributed by atoms with Crippen LogP contribution >= 0.6 is 23.4 Å². The normalized spacial score (nSPS) is 25.6. The van der Waals surface area contributed by atoms with Gasteiger partial charge in [0.25, 0.3) is 0 Å². The monoisotopic (exact) mass is 312 g/mol. The Bertz CT molecular complexity index is 409. The van der Waals surface area contributed by atoms with Crippen LogP contribution in [-0.4, -0.2) is 42.1 Å². The Balaban J connectivity index is 1.92. The molecule has 4 heteroatoms. The lowest BCUT2D eigenvalue weighted by atomic mass is 10.0. The highest BCUT2D eigenvalue weighted by molar-refractivity contribution is 8.00. The summed E-state index contributed by atoms with van der Waals surface area (Å²) in [5.74, 6) is 1.26. The fraction of sp³-hybridized carbons (Fsp3) is 0.625. The van der Waals surface area contributed by atoms with Crippen LogP contribution in [0.5, 0.6) is 0 Å². The number of nitrogens with zero attached hydrogens (tertiary/aromatic N) is 1. The Kier molecular flexibility index (Phi) is 6.21. The molecule has 0 spiro atoms. The van der Waals surface area contributed by atoms with E-state index in [9.17, 15) is 0 Å². The first kappa shape index (κ1) is 16.2. The molecule has 1 saturated heterocycles. The van der Waals surface area contributed by atoms with Gasteiger partial charge in [0.2, 0.25) is 0 Å². The van der Waals surface area contributed by atoms with E-state index in [1.54, 1.807) is 0 Å². The van der Waals surface area contributed by atoms with Crippen molar-refractivity contribution in [2.24, 2.45) is 0 Å². The van der Waals surface area contributed by atoms with E-state index in [1.807, 2.05) is 19.2 Å². The molecule has 20 heavy (non-hydrogen) atoms. The Morgan fingerprint density at radius 2 is 2.05 bits per heavy atom. The molecule has 2 nitrogen and oxygen atoms in total. The molecule has 1 aromatic carbocycles. The van der Waals surface area contributed by atoms with E-state index in [0.717, 1.165) is 23.2 Å². The van der Waals surface area contributed by atoms with E-state index >= 15 is 0 Å². The zero-order chi connectivity index (χ0) is 14.5. The smallest absolute Gasteiger partial charge is 0.0406 e. The molecule has 1 aliphatic rings. The van der Waals surface area contributed by atoms with Crippen LogP contribution in [0, 0.1) is 0 Å². The summed E-state index contributed by atoms with van der Waals surface area (Å²) in [6, 6.07) is 9.29. The van der Waals surface area contributed by atoms with Gasteiger partial charge in [-0.05, 0) is 38.1 Å². The van der Waals surface area contributed by atoms with Gasteiger partial charge < -0.3 is 5.32 Å². The van der Waals surface area contributed by atoms with Gasteiger partial charge in [-0.1, -0.05) is 30.7 Å². The van der Waals surface area contributed by atoms with Gasteiger partial charge in [0.05, 0.1) is 0 Å². The molecule has 112 valence electrons. The molecule has 0 aromatic heterocycles. The molecule has 2 rings (SSSR count). The number of thioether (sulfide) groups is 1. The molecule has 0 amide bonds. The second-order valence-electron chi connectivity index (χ2n) is 5.53. The van der Waals surface area contributed by atoms with Crippen molar-refractivity contribution in [3.05, 3.63) is 34.9 Å². The third kappa shape index (κ3) is 4.14. The molecule has 1 heterocycles. The summed E-state index contributed by atoms with van der Waals surface area (Å²) in [5, 5.41) is 4.98. The van der Waals surface area contributed by atoms with Gasteiger partial charge in [-0.15, -0.1) is 0 Å². The van der Waals surface area contributed by atoms with Gasteiger partial charge in [-0.3, -0.25) is 4.90 Å². The van der Waals surface area contributed by atoms with Crippen LogP contribution in [0.25, 0.3) is 0 Å². The maximum absolute atomic E-state index is 5.96. The average Bonchev–Trinajstić information content (AvgIpc) is 2.45. The number of rotatable bonds is 5. The number of hydrogen-bond acceptors (Lipinski definition) is 3. The van der Waals surface area contributed by atoms with E-state index in [-0.39, 0.29) is 0 Å². The summed E-state index contributed by atoms with van der Waals surface area (Å²) in [6.07, 6.45) is 1.14. The third-order valence-electron chi connectivity index (χ3n) is 4.34. The highest BCUT2D eigenvalue weighted by Gasteiger charge is 2.25. The number of hydrogen-bond donors (Lipinski definition) is 1. The first-order valence-electron chi connectivity index (χ1n) is 7.40. The molecular weight excluding hydrogens is 288 g/mol. The molecular formula is C16H25ClN2S. The Morgan fingerprint density at radius 3 is 2.70 bits per heavy atom. The second-order valence-corrected chi connectivity index (χ2v) is 7.46. The maximum Gasteiger partial charge on any atom is 0.0406 e. The first-order chi connectivity index (χ1) is 9.61. The minimum atomic E-state index is 0.407. The van der Waals surface area contributed by atoms with E-state index in [2.05, 4.69) is 48.0 Å². The van der Waals surface area contributed by atoms with E-state index < -0.39 is 0 Å². The van der Waals surface area contributed by atoms with Crippen LogP contribution in [0.2, 0.25) is 5.02 Å². The van der Waals surface area contributed by atoms with Crippen molar-refractivity contribution < 1.29 is 0 Å². The summed E-state index contributed by atoms with van der Waals surface area (Å²) in [4.78, 5) is 2.63. The first-order valence-corrected chi connectivity index (χ1v) is 8.83. The fourth-order valence-corrected chi connectivity index (χ4v) is 4.07. The number of benzene rings is 1. The van der Waals surface area contributed by atoms with Crippen LogP contribution in [0.1, 0.15) is 31.9 Å². The molecule has 0 radical (unpaired) electrons. The van der Waals surface area contributed by atoms with Crippen molar-refractivity contribution >= 4 is 23.4 Å². The summed E-state index contributed by atoms with van der Waals surface area (Å²) >= 11 is 8.06. The molecule has 0 bridgehead atoms. The van der Waals surface area contributed by atoms with Gasteiger partial charge in [0, 0.05) is 41.2 Å². The summed E-state index contributed by atoms with van der Waals surface area (Å²) in [7, 11) is 2.04. The van der Waals surface area contributed by atoms with Crippen LogP contribution in [0.4, 0.5) is 0 Å². The molecule has 3 unspecified atom stereocenters. The third-order valence-corrected chi connectivity index (χ3v) is 5.93. The lowest BCUT2D eigenvalue weighted by Crippen LogP contribution is -2.45. The molecule has 1 fully saturated rings. The molecule has 0 aliphatic carbocycles. The summed E-state index contributed by atoms with van der Waals surface area (Å²) < 4.78 is 0. The number of halogens is 1. The quantitative estimate of drug-likeness (QED) is 0.890. The van der Waals surface area contributed by atoms with Crippen molar-refractivity contribution in [1.29, 1.82) is 0 Å². The highest BCUT2D eigenvalue weighted by atomic mass is 35.5. The van der Waals surface area contributed by atoms with E-state index in [1.165, 1.54) is 17.9 Å². The molecule has 1 N–H and O–H groups in total. The minimum absolute atomic E-state index is 0.407. The average molecular weight is 313 g/mol. The van der Waals surface area contributed by atoms with Crippen LogP contribution in [0.3, 0.4) is 0 Å². The largest absolute Gasteiger partial charge is 0.313 e. The molecule has 1 aliphatic heterocycles. The van der Waals surface area contributed by atoms with Crippen molar-refractivity contribution in [1.82, 2.24) is 10.2 Å². The Hall–Kier alpha value is -0.220. The Morgan fingerprint density at radius 1 is 1.35 bits per heavy atom. The van der Waals surface area contributed by atoms with Gasteiger partial charge in [-0.25, -0.2) is 0 Å². The summed E-state index contributed by atoms with van der Waals surface area (Å²) in [5.41, 5.74) is 1.32. The minimum Gasteiger partial charge on any atom is -0.313 e. The van der Waals surface area contributed by atoms with Crippen LogP contribution in [0.15, 0.2) is 24.3 Å². The molecule has 1 aromatic rings. The zero-order valence-corrected chi connectivity index (χ0v) is 14.2. The van der Waals surface area contributed by atoms with Crippen molar-refractivity contribution in [2.75, 3.05) is 25.9 Å². The standard InChI is InChI=1S/C16H25ClN2S/c1-12-13(2)20-11-10-19(12)9-8-16(18-3)14-4-6-15(17)7-5-14/h4-7,12-13,16,18H,8-11H2,1-3H3. The van der Waals surface area contributed by atoms with Crippen molar-refractivity contribution in [3.63, 3.8) is 0 Å². The lowest BCUT2D eigenvalue weighted by molar-refractivity contribution is 0.203. The molecule has 0 saturated carbocycles. The van der Waals surface area contributed by atoms with Gasteiger partial charge in [-0.2, -0.15) is 11.8 Å². The highest BCUT2D eigenvalue weighted by Crippen LogP contribution is 2.26. The second kappa shape index (κ2) is 7.69. The predicted octanol–water partition coefficient (Wildman–Crippen LogP) is 3.82. The maximum atomic E-state index is 5.96. The molecule has 3 atom stereocenters. The zero-order valence-electron chi connectivity index (χ0n) is 12.6.